The Morgan fingerprint density at radius 1 is 1.09 bits per heavy atom. The Balaban J connectivity index is 1.85. The van der Waals surface area contributed by atoms with E-state index >= 15 is 0 Å². The maximum atomic E-state index is 13.1. The second-order valence-electron chi connectivity index (χ2n) is 5.20. The Bertz CT molecular complexity index is 679. The Labute approximate surface area is 133 Å². The van der Waals surface area contributed by atoms with E-state index in [-0.39, 0.29) is 12.4 Å². The Hall–Kier alpha value is -2.47. The summed E-state index contributed by atoms with van der Waals surface area (Å²) in [7, 11) is 0. The van der Waals surface area contributed by atoms with E-state index in [1.807, 2.05) is 0 Å². The number of halogens is 2. The van der Waals surface area contributed by atoms with E-state index in [2.05, 4.69) is 10.6 Å². The van der Waals surface area contributed by atoms with Crippen LogP contribution in [0.5, 0.6) is 0 Å². The van der Waals surface area contributed by atoms with Gasteiger partial charge in [0.25, 0.3) is 0 Å². The van der Waals surface area contributed by atoms with Gasteiger partial charge >= 0.3 is 6.03 Å². The summed E-state index contributed by atoms with van der Waals surface area (Å²) in [5.41, 5.74) is 1.01. The van der Waals surface area contributed by atoms with E-state index in [0.717, 1.165) is 0 Å². The quantitative estimate of drug-likeness (QED) is 0.793. The SMILES string of the molecule is C[C@H](NC(=O)NC[C@H](O)c1cccc(F)c1)c1cccc(F)c1. The van der Waals surface area contributed by atoms with Gasteiger partial charge < -0.3 is 15.7 Å². The van der Waals surface area contributed by atoms with Crippen molar-refractivity contribution in [2.24, 2.45) is 0 Å². The van der Waals surface area contributed by atoms with Crippen molar-refractivity contribution in [2.75, 3.05) is 6.54 Å². The molecule has 0 saturated heterocycles. The minimum Gasteiger partial charge on any atom is -0.387 e. The number of amides is 2. The summed E-state index contributed by atoms with van der Waals surface area (Å²) in [4.78, 5) is 11.8. The summed E-state index contributed by atoms with van der Waals surface area (Å²) in [6, 6.07) is 10.6. The number of rotatable bonds is 5. The third kappa shape index (κ3) is 5.03. The van der Waals surface area contributed by atoms with Crippen LogP contribution in [0, 0.1) is 11.6 Å². The largest absolute Gasteiger partial charge is 0.387 e. The van der Waals surface area contributed by atoms with Gasteiger partial charge in [-0.05, 0) is 42.3 Å². The zero-order valence-corrected chi connectivity index (χ0v) is 12.6. The van der Waals surface area contributed by atoms with Gasteiger partial charge in [0.1, 0.15) is 11.6 Å². The van der Waals surface area contributed by atoms with Crippen LogP contribution in [0.4, 0.5) is 13.6 Å². The lowest BCUT2D eigenvalue weighted by Gasteiger charge is -2.17. The van der Waals surface area contributed by atoms with E-state index in [9.17, 15) is 18.7 Å². The number of nitrogens with one attached hydrogen (secondary N) is 2. The Morgan fingerprint density at radius 3 is 2.26 bits per heavy atom. The number of aliphatic hydroxyl groups excluding tert-OH is 1. The molecule has 4 nitrogen and oxygen atoms in total. The van der Waals surface area contributed by atoms with Gasteiger partial charge in [0.05, 0.1) is 12.1 Å². The number of carbonyl (C=O) groups excluding carboxylic acids is 1. The van der Waals surface area contributed by atoms with E-state index in [0.29, 0.717) is 11.1 Å². The average Bonchev–Trinajstić information content (AvgIpc) is 2.52. The highest BCUT2D eigenvalue weighted by Crippen LogP contribution is 2.14. The standard InChI is InChI=1S/C17H18F2N2O2/c1-11(12-4-2-6-14(18)8-12)21-17(23)20-10-16(22)13-5-3-7-15(19)9-13/h2-9,11,16,22H,10H2,1H3,(H2,20,21,23)/t11-,16-/m0/s1. The fourth-order valence-electron chi connectivity index (χ4n) is 2.13. The van der Waals surface area contributed by atoms with Gasteiger partial charge in [-0.3, -0.25) is 0 Å². The lowest BCUT2D eigenvalue weighted by atomic mass is 10.1. The highest BCUT2D eigenvalue weighted by atomic mass is 19.1. The molecule has 0 bridgehead atoms. The Kier molecular flexibility index (Phi) is 5.65. The molecule has 6 heteroatoms. The molecule has 0 aromatic heterocycles. The van der Waals surface area contributed by atoms with Crippen LogP contribution >= 0.6 is 0 Å². The van der Waals surface area contributed by atoms with Crippen LogP contribution in [0.1, 0.15) is 30.2 Å². The molecule has 122 valence electrons. The molecule has 0 unspecified atom stereocenters. The normalized spacial score (nSPS) is 13.2. The van der Waals surface area contributed by atoms with Gasteiger partial charge in [-0.25, -0.2) is 13.6 Å². The van der Waals surface area contributed by atoms with Crippen molar-refractivity contribution in [3.63, 3.8) is 0 Å². The van der Waals surface area contributed by atoms with E-state index < -0.39 is 24.0 Å². The second-order valence-corrected chi connectivity index (χ2v) is 5.20. The lowest BCUT2D eigenvalue weighted by molar-refractivity contribution is 0.172. The number of hydrogen-bond acceptors (Lipinski definition) is 2. The summed E-state index contributed by atoms with van der Waals surface area (Å²) in [6.07, 6.45) is -1.01. The number of benzene rings is 2. The van der Waals surface area contributed by atoms with Gasteiger partial charge in [0.2, 0.25) is 0 Å². The van der Waals surface area contributed by atoms with E-state index in [1.54, 1.807) is 25.1 Å². The molecule has 0 aliphatic heterocycles. The third-order valence-electron chi connectivity index (χ3n) is 3.39. The summed E-state index contributed by atoms with van der Waals surface area (Å²) >= 11 is 0. The minimum atomic E-state index is -1.01. The zero-order valence-electron chi connectivity index (χ0n) is 12.6. The van der Waals surface area contributed by atoms with Gasteiger partial charge in [-0.15, -0.1) is 0 Å². The van der Waals surface area contributed by atoms with Crippen molar-refractivity contribution in [2.45, 2.75) is 19.1 Å². The summed E-state index contributed by atoms with van der Waals surface area (Å²) in [5, 5.41) is 15.1. The molecule has 2 aromatic carbocycles. The first-order chi connectivity index (χ1) is 11.0. The van der Waals surface area contributed by atoms with Gasteiger partial charge in [-0.1, -0.05) is 24.3 Å². The van der Waals surface area contributed by atoms with Crippen LogP contribution in [0.2, 0.25) is 0 Å². The van der Waals surface area contributed by atoms with Gasteiger partial charge in [0, 0.05) is 6.54 Å². The van der Waals surface area contributed by atoms with Gasteiger partial charge in [0.15, 0.2) is 0 Å². The molecule has 0 saturated carbocycles. The summed E-state index contributed by atoms with van der Waals surface area (Å²) < 4.78 is 26.2. The zero-order chi connectivity index (χ0) is 16.8. The topological polar surface area (TPSA) is 61.4 Å². The number of carbonyl (C=O) groups is 1. The summed E-state index contributed by atoms with van der Waals surface area (Å²) in [5.74, 6) is -0.830. The molecule has 23 heavy (non-hydrogen) atoms. The molecule has 0 radical (unpaired) electrons. The van der Waals surface area contributed by atoms with Crippen LogP contribution in [0.3, 0.4) is 0 Å². The van der Waals surface area contributed by atoms with Crippen molar-refractivity contribution in [3.8, 4) is 0 Å². The molecule has 2 rings (SSSR count). The molecule has 0 aliphatic carbocycles. The lowest BCUT2D eigenvalue weighted by Crippen LogP contribution is -2.39. The molecule has 0 heterocycles. The van der Waals surface area contributed by atoms with Crippen molar-refractivity contribution in [3.05, 3.63) is 71.3 Å². The highest BCUT2D eigenvalue weighted by molar-refractivity contribution is 5.74. The van der Waals surface area contributed by atoms with Crippen LogP contribution in [0.15, 0.2) is 48.5 Å². The predicted octanol–water partition coefficient (Wildman–Crippen LogP) is 3.06. The first-order valence-electron chi connectivity index (χ1n) is 7.19. The minimum absolute atomic E-state index is 0.0643. The molecular formula is C17H18F2N2O2. The van der Waals surface area contributed by atoms with E-state index in [4.69, 9.17) is 0 Å². The molecule has 0 spiro atoms. The van der Waals surface area contributed by atoms with Crippen molar-refractivity contribution < 1.29 is 18.7 Å². The Morgan fingerprint density at radius 2 is 1.65 bits per heavy atom. The molecular weight excluding hydrogens is 302 g/mol. The monoisotopic (exact) mass is 320 g/mol. The number of aliphatic hydroxyl groups is 1. The predicted molar refractivity (Wildman–Crippen MR) is 82.7 cm³/mol. The molecule has 0 aliphatic rings. The van der Waals surface area contributed by atoms with Crippen LogP contribution < -0.4 is 10.6 Å². The third-order valence-corrected chi connectivity index (χ3v) is 3.39. The molecule has 3 N–H and O–H groups in total. The molecule has 2 aromatic rings. The maximum absolute atomic E-state index is 13.1. The fourth-order valence-corrected chi connectivity index (χ4v) is 2.13. The molecule has 2 atom stereocenters. The number of urea groups is 1. The number of hydrogen-bond donors (Lipinski definition) is 3. The first kappa shape index (κ1) is 16.9. The van der Waals surface area contributed by atoms with Crippen LogP contribution in [-0.4, -0.2) is 17.7 Å². The fraction of sp³-hybridized carbons (Fsp3) is 0.235. The van der Waals surface area contributed by atoms with Crippen LogP contribution in [0.25, 0.3) is 0 Å². The van der Waals surface area contributed by atoms with Crippen molar-refractivity contribution >= 4 is 6.03 Å². The smallest absolute Gasteiger partial charge is 0.315 e. The van der Waals surface area contributed by atoms with Gasteiger partial charge in [-0.2, -0.15) is 0 Å². The first-order valence-corrected chi connectivity index (χ1v) is 7.19. The molecule has 0 fully saturated rings. The average molecular weight is 320 g/mol. The van der Waals surface area contributed by atoms with Crippen molar-refractivity contribution in [1.82, 2.24) is 10.6 Å². The second kappa shape index (κ2) is 7.69. The highest BCUT2D eigenvalue weighted by Gasteiger charge is 2.13. The summed E-state index contributed by atoms with van der Waals surface area (Å²) in [6.45, 7) is 1.66. The maximum Gasteiger partial charge on any atom is 0.315 e. The van der Waals surface area contributed by atoms with E-state index in [1.165, 1.54) is 30.3 Å². The van der Waals surface area contributed by atoms with Crippen molar-refractivity contribution in [1.29, 1.82) is 0 Å². The van der Waals surface area contributed by atoms with Crippen LogP contribution in [-0.2, 0) is 0 Å². The molecule has 2 amide bonds.